The van der Waals surface area contributed by atoms with Gasteiger partial charge in [0.1, 0.15) is 0 Å². The summed E-state index contributed by atoms with van der Waals surface area (Å²) in [5.41, 5.74) is 7.68. The number of carbonyl (C=O) groups excluding carboxylic acids is 1. The number of carbonyl (C=O) groups is 1. The molecule has 6 heteroatoms. The summed E-state index contributed by atoms with van der Waals surface area (Å²) in [4.78, 5) is 11.3. The number of nitrogens with two attached hydrogens (primary N) is 1. The highest BCUT2D eigenvalue weighted by atomic mass is 16.5. The average molecular weight is 232 g/mol. The van der Waals surface area contributed by atoms with Crippen LogP contribution in [-0.4, -0.2) is 28.1 Å². The molecule has 1 aromatic carbocycles. The smallest absolute Gasteiger partial charge is 0.362 e. The average Bonchev–Trinajstić information content (AvgIpc) is 2.71. The quantitative estimate of drug-likeness (QED) is 0.779. The summed E-state index contributed by atoms with van der Waals surface area (Å²) in [6.07, 6.45) is 0. The summed E-state index contributed by atoms with van der Waals surface area (Å²) < 4.78 is 5.95. The van der Waals surface area contributed by atoms with Gasteiger partial charge in [-0.25, -0.2) is 4.79 Å². The number of ether oxygens (including phenoxy) is 1. The van der Waals surface area contributed by atoms with Gasteiger partial charge < -0.3 is 10.5 Å². The van der Waals surface area contributed by atoms with Crippen LogP contribution >= 0.6 is 0 Å². The number of anilines is 1. The topological polar surface area (TPSA) is 83.0 Å². The second-order valence-corrected chi connectivity index (χ2v) is 3.56. The molecule has 0 atom stereocenters. The summed E-state index contributed by atoms with van der Waals surface area (Å²) >= 11 is 0. The summed E-state index contributed by atoms with van der Waals surface area (Å²) in [5.74, 6) is -0.429. The maximum atomic E-state index is 11.3. The first-order chi connectivity index (χ1) is 8.13. The first kappa shape index (κ1) is 11.1. The van der Waals surface area contributed by atoms with Crippen molar-refractivity contribution in [2.75, 3.05) is 12.8 Å². The molecule has 2 rings (SSSR count). The van der Waals surface area contributed by atoms with Gasteiger partial charge >= 0.3 is 5.97 Å². The van der Waals surface area contributed by atoms with Gasteiger partial charge in [-0.2, -0.15) is 4.68 Å². The third-order valence-electron chi connectivity index (χ3n) is 2.36. The van der Waals surface area contributed by atoms with Gasteiger partial charge in [0.15, 0.2) is 5.82 Å². The van der Waals surface area contributed by atoms with Crippen molar-refractivity contribution >= 4 is 11.8 Å². The number of rotatable bonds is 2. The van der Waals surface area contributed by atoms with E-state index in [0.717, 1.165) is 11.3 Å². The molecule has 0 spiro atoms. The zero-order chi connectivity index (χ0) is 12.4. The van der Waals surface area contributed by atoms with Crippen molar-refractivity contribution in [1.82, 2.24) is 15.0 Å². The lowest BCUT2D eigenvalue weighted by Crippen LogP contribution is -2.07. The highest BCUT2D eigenvalue weighted by molar-refractivity contribution is 5.92. The molecule has 0 aliphatic carbocycles. The maximum Gasteiger partial charge on any atom is 0.362 e. The molecule has 0 amide bonds. The summed E-state index contributed by atoms with van der Waals surface area (Å²) in [5, 5.41) is 7.52. The van der Waals surface area contributed by atoms with Gasteiger partial charge in [-0.3, -0.25) is 0 Å². The maximum absolute atomic E-state index is 11.3. The van der Waals surface area contributed by atoms with Crippen LogP contribution < -0.4 is 5.73 Å². The van der Waals surface area contributed by atoms with Crippen LogP contribution in [0.25, 0.3) is 5.69 Å². The van der Waals surface area contributed by atoms with Gasteiger partial charge in [-0.1, -0.05) is 22.9 Å². The number of aromatic nitrogens is 3. The second-order valence-electron chi connectivity index (χ2n) is 3.56. The Morgan fingerprint density at radius 2 is 2.00 bits per heavy atom. The van der Waals surface area contributed by atoms with Crippen LogP contribution in [0.5, 0.6) is 0 Å². The molecule has 0 aliphatic heterocycles. The van der Waals surface area contributed by atoms with E-state index in [1.54, 1.807) is 0 Å². The van der Waals surface area contributed by atoms with Gasteiger partial charge in [0.05, 0.1) is 12.8 Å². The van der Waals surface area contributed by atoms with Crippen LogP contribution in [0.15, 0.2) is 24.3 Å². The molecule has 0 fully saturated rings. The van der Waals surface area contributed by atoms with E-state index in [2.05, 4.69) is 15.0 Å². The Bertz CT molecular complexity index is 545. The van der Waals surface area contributed by atoms with Crippen molar-refractivity contribution in [3.8, 4) is 5.69 Å². The van der Waals surface area contributed by atoms with Crippen LogP contribution in [0.4, 0.5) is 5.82 Å². The fraction of sp³-hybridized carbons (Fsp3) is 0.182. The molecule has 0 saturated carbocycles. The van der Waals surface area contributed by atoms with Crippen LogP contribution in [-0.2, 0) is 4.74 Å². The number of hydrogen-bond acceptors (Lipinski definition) is 5. The van der Waals surface area contributed by atoms with Crippen LogP contribution in [0.3, 0.4) is 0 Å². The van der Waals surface area contributed by atoms with Crippen molar-refractivity contribution in [3.05, 3.63) is 35.5 Å². The summed E-state index contributed by atoms with van der Waals surface area (Å²) in [7, 11) is 1.27. The van der Waals surface area contributed by atoms with E-state index in [0.29, 0.717) is 0 Å². The summed E-state index contributed by atoms with van der Waals surface area (Å²) in [6, 6.07) is 7.55. The molecule has 0 bridgehead atoms. The predicted molar refractivity (Wildman–Crippen MR) is 61.8 cm³/mol. The predicted octanol–water partition coefficient (Wildman–Crippen LogP) is 0.945. The van der Waals surface area contributed by atoms with E-state index in [9.17, 15) is 4.79 Å². The molecule has 1 heterocycles. The van der Waals surface area contributed by atoms with Crippen molar-refractivity contribution in [2.24, 2.45) is 0 Å². The molecule has 17 heavy (non-hydrogen) atoms. The second kappa shape index (κ2) is 4.25. The highest BCUT2D eigenvalue weighted by Gasteiger charge is 2.18. The molecule has 6 nitrogen and oxygen atoms in total. The lowest BCUT2D eigenvalue weighted by molar-refractivity contribution is 0.0595. The monoisotopic (exact) mass is 232 g/mol. The minimum Gasteiger partial charge on any atom is -0.464 e. The Kier molecular flexibility index (Phi) is 2.78. The number of methoxy groups -OCH3 is 1. The van der Waals surface area contributed by atoms with Crippen molar-refractivity contribution < 1.29 is 9.53 Å². The molecule has 0 saturated heterocycles. The van der Waals surface area contributed by atoms with Gasteiger partial charge in [0.25, 0.3) is 0 Å². The van der Waals surface area contributed by atoms with Gasteiger partial charge in [-0.05, 0) is 19.1 Å². The van der Waals surface area contributed by atoms with E-state index >= 15 is 0 Å². The minimum absolute atomic E-state index is 0.0214. The lowest BCUT2D eigenvalue weighted by Gasteiger charge is -2.03. The number of esters is 1. The largest absolute Gasteiger partial charge is 0.464 e. The Hall–Kier alpha value is -2.37. The van der Waals surface area contributed by atoms with Crippen molar-refractivity contribution in [3.63, 3.8) is 0 Å². The number of aryl methyl sites for hydroxylation is 1. The zero-order valence-electron chi connectivity index (χ0n) is 9.54. The minimum atomic E-state index is -0.596. The fourth-order valence-electron chi connectivity index (χ4n) is 1.41. The normalized spacial score (nSPS) is 10.2. The van der Waals surface area contributed by atoms with E-state index in [1.807, 2.05) is 31.2 Å². The molecule has 88 valence electrons. The zero-order valence-corrected chi connectivity index (χ0v) is 9.54. The van der Waals surface area contributed by atoms with Crippen LogP contribution in [0.2, 0.25) is 0 Å². The van der Waals surface area contributed by atoms with E-state index in [4.69, 9.17) is 5.73 Å². The number of benzene rings is 1. The van der Waals surface area contributed by atoms with Crippen molar-refractivity contribution in [2.45, 2.75) is 6.92 Å². The molecule has 0 unspecified atom stereocenters. The lowest BCUT2D eigenvalue weighted by atomic mass is 10.2. The number of hydrogen-bond donors (Lipinski definition) is 1. The molecular formula is C11H12N4O2. The van der Waals surface area contributed by atoms with E-state index < -0.39 is 5.97 Å². The Morgan fingerprint density at radius 3 is 2.59 bits per heavy atom. The molecule has 2 aromatic rings. The molecule has 2 N–H and O–H groups in total. The van der Waals surface area contributed by atoms with Crippen LogP contribution in [0.1, 0.15) is 16.1 Å². The molecule has 1 aromatic heterocycles. The van der Waals surface area contributed by atoms with E-state index in [-0.39, 0.29) is 11.5 Å². The van der Waals surface area contributed by atoms with Crippen LogP contribution in [0, 0.1) is 6.92 Å². The van der Waals surface area contributed by atoms with Gasteiger partial charge in [-0.15, -0.1) is 5.10 Å². The standard InChI is InChI=1S/C11H12N4O2/c1-7-3-5-8(6-4-7)15-10(12)9(13-14-15)11(16)17-2/h3-6H,12H2,1-2H3. The number of nitrogen functional groups attached to an aromatic ring is 1. The third kappa shape index (κ3) is 1.96. The summed E-state index contributed by atoms with van der Waals surface area (Å²) in [6.45, 7) is 1.98. The Morgan fingerprint density at radius 1 is 1.35 bits per heavy atom. The first-order valence-corrected chi connectivity index (χ1v) is 5.00. The van der Waals surface area contributed by atoms with E-state index in [1.165, 1.54) is 11.8 Å². The number of nitrogens with zero attached hydrogens (tertiary/aromatic N) is 3. The highest BCUT2D eigenvalue weighted by Crippen LogP contribution is 2.15. The Balaban J connectivity index is 2.44. The molecular weight excluding hydrogens is 220 g/mol. The SMILES string of the molecule is COC(=O)c1nnn(-c2ccc(C)cc2)c1N. The third-order valence-corrected chi connectivity index (χ3v) is 2.36. The Labute approximate surface area is 98.0 Å². The van der Waals surface area contributed by atoms with Gasteiger partial charge in [0, 0.05) is 0 Å². The first-order valence-electron chi connectivity index (χ1n) is 5.00. The fourth-order valence-corrected chi connectivity index (χ4v) is 1.41. The van der Waals surface area contributed by atoms with Gasteiger partial charge in [0.2, 0.25) is 5.69 Å². The van der Waals surface area contributed by atoms with Crippen molar-refractivity contribution in [1.29, 1.82) is 0 Å². The molecule has 0 radical (unpaired) electrons. The molecule has 0 aliphatic rings.